The average molecular weight is 221 g/mol. The maximum atomic E-state index is 13.1. The molecular formula is C12H12FNO2. The Bertz CT molecular complexity index is 572. The highest BCUT2D eigenvalue weighted by atomic mass is 19.1. The van der Waals surface area contributed by atoms with Crippen molar-refractivity contribution in [2.75, 3.05) is 0 Å². The summed E-state index contributed by atoms with van der Waals surface area (Å²) in [6.07, 6.45) is -0.0768. The van der Waals surface area contributed by atoms with Gasteiger partial charge in [-0.3, -0.25) is 4.79 Å². The Labute approximate surface area is 92.1 Å². The van der Waals surface area contributed by atoms with Crippen LogP contribution in [0.5, 0.6) is 0 Å². The van der Waals surface area contributed by atoms with E-state index in [1.165, 1.54) is 12.1 Å². The van der Waals surface area contributed by atoms with Crippen LogP contribution in [0.4, 0.5) is 4.39 Å². The summed E-state index contributed by atoms with van der Waals surface area (Å²) in [6.45, 7) is 1.84. The summed E-state index contributed by atoms with van der Waals surface area (Å²) in [5.74, 6) is -1.25. The number of aromatic nitrogens is 1. The first-order valence-electron chi connectivity index (χ1n) is 4.96. The van der Waals surface area contributed by atoms with Gasteiger partial charge in [0, 0.05) is 23.6 Å². The van der Waals surface area contributed by atoms with Gasteiger partial charge in [0.1, 0.15) is 5.82 Å². The quantitative estimate of drug-likeness (QED) is 0.845. The van der Waals surface area contributed by atoms with Gasteiger partial charge in [0.2, 0.25) is 0 Å². The molecule has 4 heteroatoms. The molecule has 3 nitrogen and oxygen atoms in total. The van der Waals surface area contributed by atoms with Gasteiger partial charge in [-0.05, 0) is 30.7 Å². The van der Waals surface area contributed by atoms with Crippen molar-refractivity contribution in [2.45, 2.75) is 13.3 Å². The van der Waals surface area contributed by atoms with Crippen molar-refractivity contribution in [1.29, 1.82) is 0 Å². The van der Waals surface area contributed by atoms with Crippen LogP contribution in [-0.2, 0) is 18.3 Å². The lowest BCUT2D eigenvalue weighted by molar-refractivity contribution is -0.136. The zero-order valence-electron chi connectivity index (χ0n) is 9.12. The molecule has 0 radical (unpaired) electrons. The minimum Gasteiger partial charge on any atom is -0.481 e. The molecule has 1 heterocycles. The number of rotatable bonds is 2. The Morgan fingerprint density at radius 3 is 2.81 bits per heavy atom. The minimum atomic E-state index is -0.903. The minimum absolute atomic E-state index is 0.0768. The topological polar surface area (TPSA) is 42.2 Å². The van der Waals surface area contributed by atoms with Crippen LogP contribution < -0.4 is 0 Å². The zero-order valence-corrected chi connectivity index (χ0v) is 9.12. The molecule has 0 aliphatic heterocycles. The van der Waals surface area contributed by atoms with Crippen LogP contribution in [-0.4, -0.2) is 15.6 Å². The number of carboxylic acids is 1. The van der Waals surface area contributed by atoms with E-state index in [9.17, 15) is 9.18 Å². The highest BCUT2D eigenvalue weighted by molar-refractivity contribution is 5.89. The summed E-state index contributed by atoms with van der Waals surface area (Å²) >= 11 is 0. The number of carboxylic acid groups (broad SMARTS) is 1. The third-order valence-electron chi connectivity index (χ3n) is 2.91. The number of nitrogens with zero attached hydrogens (tertiary/aromatic N) is 1. The fourth-order valence-electron chi connectivity index (χ4n) is 1.99. The van der Waals surface area contributed by atoms with E-state index in [1.54, 1.807) is 6.07 Å². The summed E-state index contributed by atoms with van der Waals surface area (Å²) in [5, 5.41) is 9.51. The number of benzene rings is 1. The largest absolute Gasteiger partial charge is 0.481 e. The Morgan fingerprint density at radius 2 is 2.19 bits per heavy atom. The first-order chi connectivity index (χ1) is 7.50. The van der Waals surface area contributed by atoms with Gasteiger partial charge in [-0.25, -0.2) is 4.39 Å². The molecule has 0 fully saturated rings. The number of hydrogen-bond donors (Lipinski definition) is 1. The van der Waals surface area contributed by atoms with Crippen LogP contribution in [0.1, 0.15) is 11.3 Å². The molecule has 0 amide bonds. The fourth-order valence-corrected chi connectivity index (χ4v) is 1.99. The number of carbonyl (C=O) groups is 1. The molecule has 1 aromatic heterocycles. The lowest BCUT2D eigenvalue weighted by Gasteiger charge is -1.98. The summed E-state index contributed by atoms with van der Waals surface area (Å²) in [5.41, 5.74) is 2.41. The van der Waals surface area contributed by atoms with Crippen molar-refractivity contribution in [2.24, 2.45) is 7.05 Å². The monoisotopic (exact) mass is 221 g/mol. The average Bonchev–Trinajstić information content (AvgIpc) is 2.43. The Morgan fingerprint density at radius 1 is 1.50 bits per heavy atom. The molecule has 0 saturated heterocycles. The van der Waals surface area contributed by atoms with Crippen molar-refractivity contribution < 1.29 is 14.3 Å². The van der Waals surface area contributed by atoms with E-state index < -0.39 is 5.97 Å². The molecule has 1 N–H and O–H groups in total. The van der Waals surface area contributed by atoms with Crippen molar-refractivity contribution in [3.05, 3.63) is 35.3 Å². The van der Waals surface area contributed by atoms with Gasteiger partial charge in [-0.1, -0.05) is 0 Å². The van der Waals surface area contributed by atoms with Crippen LogP contribution in [0, 0.1) is 12.7 Å². The highest BCUT2D eigenvalue weighted by Crippen LogP contribution is 2.26. The van der Waals surface area contributed by atoms with Gasteiger partial charge in [-0.2, -0.15) is 0 Å². The van der Waals surface area contributed by atoms with E-state index in [-0.39, 0.29) is 12.2 Å². The maximum Gasteiger partial charge on any atom is 0.307 e. The van der Waals surface area contributed by atoms with E-state index >= 15 is 0 Å². The maximum absolute atomic E-state index is 13.1. The molecule has 0 bridgehead atoms. The van der Waals surface area contributed by atoms with Gasteiger partial charge < -0.3 is 9.67 Å². The highest BCUT2D eigenvalue weighted by Gasteiger charge is 2.14. The molecule has 16 heavy (non-hydrogen) atoms. The van der Waals surface area contributed by atoms with Crippen LogP contribution in [0.25, 0.3) is 10.9 Å². The van der Waals surface area contributed by atoms with Crippen LogP contribution >= 0.6 is 0 Å². The van der Waals surface area contributed by atoms with Gasteiger partial charge in [0.05, 0.1) is 6.42 Å². The summed E-state index contributed by atoms with van der Waals surface area (Å²) < 4.78 is 15.0. The third kappa shape index (κ3) is 1.56. The second kappa shape index (κ2) is 3.63. The number of hydrogen-bond acceptors (Lipinski definition) is 1. The van der Waals surface area contributed by atoms with Crippen molar-refractivity contribution in [3.8, 4) is 0 Å². The van der Waals surface area contributed by atoms with Crippen LogP contribution in [0.3, 0.4) is 0 Å². The van der Waals surface area contributed by atoms with Gasteiger partial charge in [0.25, 0.3) is 0 Å². The molecule has 0 spiro atoms. The zero-order chi connectivity index (χ0) is 11.9. The van der Waals surface area contributed by atoms with E-state index in [0.717, 1.165) is 11.2 Å². The second-order valence-corrected chi connectivity index (χ2v) is 3.85. The van der Waals surface area contributed by atoms with Crippen LogP contribution in [0.2, 0.25) is 0 Å². The summed E-state index contributed by atoms with van der Waals surface area (Å²) in [4.78, 5) is 10.8. The van der Waals surface area contributed by atoms with E-state index in [1.807, 2.05) is 18.5 Å². The lowest BCUT2D eigenvalue weighted by Crippen LogP contribution is -2.01. The van der Waals surface area contributed by atoms with Gasteiger partial charge in [-0.15, -0.1) is 0 Å². The first-order valence-corrected chi connectivity index (χ1v) is 4.96. The smallest absolute Gasteiger partial charge is 0.307 e. The molecule has 0 saturated carbocycles. The predicted octanol–water partition coefficient (Wildman–Crippen LogP) is 2.25. The summed E-state index contributed by atoms with van der Waals surface area (Å²) in [7, 11) is 1.85. The Hall–Kier alpha value is -1.84. The first kappa shape index (κ1) is 10.7. The molecule has 1 aromatic carbocycles. The molecule has 2 rings (SSSR count). The normalized spacial score (nSPS) is 10.9. The van der Waals surface area contributed by atoms with E-state index in [4.69, 9.17) is 5.11 Å². The Balaban J connectivity index is 2.75. The molecule has 0 aliphatic rings. The fraction of sp³-hybridized carbons (Fsp3) is 0.250. The molecule has 2 aromatic rings. The lowest BCUT2D eigenvalue weighted by atomic mass is 10.1. The molecule has 0 unspecified atom stereocenters. The molecule has 84 valence electrons. The SMILES string of the molecule is Cc1c(CC(=O)O)c2cc(F)ccc2n1C. The number of aryl methyl sites for hydroxylation is 1. The number of fused-ring (bicyclic) bond motifs is 1. The van der Waals surface area contributed by atoms with Crippen molar-refractivity contribution in [1.82, 2.24) is 4.57 Å². The molecule has 0 aliphatic carbocycles. The van der Waals surface area contributed by atoms with Crippen LogP contribution in [0.15, 0.2) is 18.2 Å². The second-order valence-electron chi connectivity index (χ2n) is 3.85. The third-order valence-corrected chi connectivity index (χ3v) is 2.91. The Kier molecular flexibility index (Phi) is 2.42. The summed E-state index contributed by atoms with van der Waals surface area (Å²) in [6, 6.07) is 4.44. The van der Waals surface area contributed by atoms with E-state index in [2.05, 4.69) is 0 Å². The van der Waals surface area contributed by atoms with Gasteiger partial charge >= 0.3 is 5.97 Å². The number of halogens is 1. The van der Waals surface area contributed by atoms with Gasteiger partial charge in [0.15, 0.2) is 0 Å². The van der Waals surface area contributed by atoms with Crippen molar-refractivity contribution >= 4 is 16.9 Å². The molecule has 0 atom stereocenters. The standard InChI is InChI=1S/C12H12FNO2/c1-7-9(6-12(15)16)10-5-8(13)3-4-11(10)14(7)2/h3-5H,6H2,1-2H3,(H,15,16). The predicted molar refractivity (Wildman–Crippen MR) is 59.0 cm³/mol. The van der Waals surface area contributed by atoms with Crippen molar-refractivity contribution in [3.63, 3.8) is 0 Å². The molecular weight excluding hydrogens is 209 g/mol. The number of aliphatic carboxylic acids is 1. The van der Waals surface area contributed by atoms with E-state index in [0.29, 0.717) is 10.9 Å².